The molecule has 8 heteroatoms. The Hall–Kier alpha value is -4.46. The van der Waals surface area contributed by atoms with Crippen LogP contribution in [0.3, 0.4) is 0 Å². The van der Waals surface area contributed by atoms with Gasteiger partial charge < -0.3 is 10.1 Å². The smallest absolute Gasteiger partial charge is 0.282 e. The largest absolute Gasteiger partial charge is 0.483 e. The van der Waals surface area contributed by atoms with Crippen molar-refractivity contribution >= 4 is 35.2 Å². The summed E-state index contributed by atoms with van der Waals surface area (Å²) in [5.74, 6) is -1.55. The van der Waals surface area contributed by atoms with Gasteiger partial charge >= 0.3 is 0 Å². The van der Waals surface area contributed by atoms with Crippen LogP contribution >= 0.6 is 0 Å². The molecule has 1 aliphatic rings. The molecule has 3 amide bonds. The molecule has 0 aromatic heterocycles. The van der Waals surface area contributed by atoms with Crippen LogP contribution in [-0.4, -0.2) is 24.3 Å². The average Bonchev–Trinajstić information content (AvgIpc) is 3.09. The van der Waals surface area contributed by atoms with Crippen LogP contribution in [0.25, 0.3) is 6.08 Å². The van der Waals surface area contributed by atoms with Gasteiger partial charge in [0.25, 0.3) is 17.7 Å². The van der Waals surface area contributed by atoms with E-state index in [2.05, 4.69) is 10.7 Å². The van der Waals surface area contributed by atoms with Crippen LogP contribution < -0.4 is 20.5 Å². The number of ether oxygens (including phenoxy) is 1. The first kappa shape index (κ1) is 20.8. The highest BCUT2D eigenvalue weighted by atomic mass is 19.1. The Balaban J connectivity index is 1.48. The molecule has 3 aromatic carbocycles. The molecular weight excluding hydrogens is 413 g/mol. The maximum Gasteiger partial charge on any atom is 0.282 e. The third kappa shape index (κ3) is 4.65. The lowest BCUT2D eigenvalue weighted by molar-refractivity contribution is -0.118. The number of hydrogen-bond donors (Lipinski definition) is 2. The molecule has 4 rings (SSSR count). The van der Waals surface area contributed by atoms with Gasteiger partial charge in [-0.3, -0.25) is 19.8 Å². The summed E-state index contributed by atoms with van der Waals surface area (Å²) in [6, 6.07) is 20.8. The standard InChI is InChI=1S/C24H18FN3O4/c25-17-10-12-18(13-11-17)26-22(29)15-32-21-9-5-4-6-16(21)14-20-23(30)27-28(24(20)31)19-7-2-1-3-8-19/h1-14H,15H2,(H,26,29)(H,27,30). The molecule has 1 fully saturated rings. The van der Waals surface area contributed by atoms with Gasteiger partial charge in [-0.15, -0.1) is 0 Å². The number of anilines is 2. The van der Waals surface area contributed by atoms with E-state index in [4.69, 9.17) is 4.74 Å². The lowest BCUT2D eigenvalue weighted by atomic mass is 10.1. The van der Waals surface area contributed by atoms with Crippen LogP contribution in [0.1, 0.15) is 5.56 Å². The Bertz CT molecular complexity index is 1190. The normalized spacial score (nSPS) is 14.4. The van der Waals surface area contributed by atoms with E-state index in [1.165, 1.54) is 35.4 Å². The van der Waals surface area contributed by atoms with Crippen molar-refractivity contribution in [3.63, 3.8) is 0 Å². The minimum atomic E-state index is -0.539. The van der Waals surface area contributed by atoms with Crippen molar-refractivity contribution in [2.75, 3.05) is 16.9 Å². The predicted molar refractivity (Wildman–Crippen MR) is 117 cm³/mol. The first-order valence-corrected chi connectivity index (χ1v) is 9.71. The fourth-order valence-corrected chi connectivity index (χ4v) is 3.08. The first-order chi connectivity index (χ1) is 15.5. The second-order valence-electron chi connectivity index (χ2n) is 6.86. The Morgan fingerprint density at radius 2 is 1.66 bits per heavy atom. The highest BCUT2D eigenvalue weighted by Crippen LogP contribution is 2.25. The second-order valence-corrected chi connectivity index (χ2v) is 6.86. The van der Waals surface area contributed by atoms with E-state index in [0.717, 1.165) is 0 Å². The SMILES string of the molecule is O=C(COc1ccccc1C=C1C(=O)NN(c2ccccc2)C1=O)Nc1ccc(F)cc1. The van der Waals surface area contributed by atoms with Crippen LogP contribution in [0, 0.1) is 5.82 Å². The fourth-order valence-electron chi connectivity index (χ4n) is 3.08. The fraction of sp³-hybridized carbons (Fsp3) is 0.0417. The van der Waals surface area contributed by atoms with Crippen molar-refractivity contribution in [3.8, 4) is 5.75 Å². The van der Waals surface area contributed by atoms with E-state index >= 15 is 0 Å². The summed E-state index contributed by atoms with van der Waals surface area (Å²) in [7, 11) is 0. The molecule has 160 valence electrons. The summed E-state index contributed by atoms with van der Waals surface area (Å²) in [6.45, 7) is -0.312. The van der Waals surface area contributed by atoms with Crippen molar-refractivity contribution in [1.82, 2.24) is 5.43 Å². The summed E-state index contributed by atoms with van der Waals surface area (Å²) in [5.41, 5.74) is 3.92. The molecule has 2 N–H and O–H groups in total. The van der Waals surface area contributed by atoms with Crippen LogP contribution in [-0.2, 0) is 14.4 Å². The number of halogens is 1. The Morgan fingerprint density at radius 1 is 0.969 bits per heavy atom. The number of hydrazine groups is 1. The van der Waals surface area contributed by atoms with Crippen LogP contribution in [0.2, 0.25) is 0 Å². The summed E-state index contributed by atoms with van der Waals surface area (Å²) in [5, 5.41) is 3.77. The minimum Gasteiger partial charge on any atom is -0.483 e. The van der Waals surface area contributed by atoms with E-state index in [1.807, 2.05) is 6.07 Å². The number of rotatable bonds is 6. The maximum atomic E-state index is 13.0. The van der Waals surface area contributed by atoms with Gasteiger partial charge in [-0.05, 0) is 48.5 Å². The molecule has 0 aliphatic carbocycles. The third-order valence-corrected chi connectivity index (χ3v) is 4.61. The molecule has 0 radical (unpaired) electrons. The number of hydrogen-bond acceptors (Lipinski definition) is 4. The Kier molecular flexibility index (Phi) is 5.94. The number of carbonyl (C=O) groups is 3. The lowest BCUT2D eigenvalue weighted by Gasteiger charge is -2.14. The van der Waals surface area contributed by atoms with Crippen LogP contribution in [0.15, 0.2) is 84.4 Å². The van der Waals surface area contributed by atoms with Gasteiger partial charge in [0.2, 0.25) is 0 Å². The summed E-state index contributed by atoms with van der Waals surface area (Å²) < 4.78 is 18.6. The maximum absolute atomic E-state index is 13.0. The molecule has 1 heterocycles. The van der Waals surface area contributed by atoms with Crippen LogP contribution in [0.4, 0.5) is 15.8 Å². The van der Waals surface area contributed by atoms with Gasteiger partial charge in [0.1, 0.15) is 17.1 Å². The van der Waals surface area contributed by atoms with Crippen molar-refractivity contribution < 1.29 is 23.5 Å². The number of para-hydroxylation sites is 2. The number of benzene rings is 3. The molecule has 1 aliphatic heterocycles. The molecule has 1 saturated heterocycles. The lowest BCUT2D eigenvalue weighted by Crippen LogP contribution is -2.35. The zero-order valence-corrected chi connectivity index (χ0v) is 16.7. The Labute approximate surface area is 183 Å². The average molecular weight is 431 g/mol. The molecule has 32 heavy (non-hydrogen) atoms. The monoisotopic (exact) mass is 431 g/mol. The van der Waals surface area contributed by atoms with Crippen LogP contribution in [0.5, 0.6) is 5.75 Å². The zero-order valence-electron chi connectivity index (χ0n) is 16.7. The van der Waals surface area contributed by atoms with Crippen molar-refractivity contribution in [1.29, 1.82) is 0 Å². The van der Waals surface area contributed by atoms with Crippen molar-refractivity contribution in [2.45, 2.75) is 0 Å². The van der Waals surface area contributed by atoms with Gasteiger partial charge in [-0.1, -0.05) is 36.4 Å². The number of amides is 3. The molecular formula is C24H18FN3O4. The molecule has 3 aromatic rings. The van der Waals surface area contributed by atoms with Gasteiger partial charge in [0.05, 0.1) is 5.69 Å². The third-order valence-electron chi connectivity index (χ3n) is 4.61. The molecule has 0 bridgehead atoms. The quantitative estimate of drug-likeness (QED) is 0.463. The van der Waals surface area contributed by atoms with E-state index in [1.54, 1.807) is 48.5 Å². The van der Waals surface area contributed by atoms with Gasteiger partial charge in [-0.2, -0.15) is 0 Å². The van der Waals surface area contributed by atoms with E-state index < -0.39 is 23.5 Å². The minimum absolute atomic E-state index is 0.0549. The summed E-state index contributed by atoms with van der Waals surface area (Å²) >= 11 is 0. The molecule has 0 spiro atoms. The number of nitrogens with one attached hydrogen (secondary N) is 2. The number of carbonyl (C=O) groups excluding carboxylic acids is 3. The molecule has 0 saturated carbocycles. The Morgan fingerprint density at radius 3 is 2.41 bits per heavy atom. The van der Waals surface area contributed by atoms with Gasteiger partial charge in [0, 0.05) is 11.3 Å². The highest BCUT2D eigenvalue weighted by Gasteiger charge is 2.34. The van der Waals surface area contributed by atoms with Gasteiger partial charge in [-0.25, -0.2) is 9.40 Å². The molecule has 0 atom stereocenters. The van der Waals surface area contributed by atoms with E-state index in [9.17, 15) is 18.8 Å². The highest BCUT2D eigenvalue weighted by molar-refractivity contribution is 6.31. The zero-order chi connectivity index (χ0) is 22.5. The topological polar surface area (TPSA) is 87.7 Å². The molecule has 7 nitrogen and oxygen atoms in total. The van der Waals surface area contributed by atoms with Crippen molar-refractivity contribution in [2.24, 2.45) is 0 Å². The summed E-state index contributed by atoms with van der Waals surface area (Å²) in [4.78, 5) is 37.3. The van der Waals surface area contributed by atoms with Crippen molar-refractivity contribution in [3.05, 3.63) is 95.8 Å². The van der Waals surface area contributed by atoms with Gasteiger partial charge in [0.15, 0.2) is 6.61 Å². The predicted octanol–water partition coefficient (Wildman–Crippen LogP) is 3.30. The number of nitrogens with zero attached hydrogens (tertiary/aromatic N) is 1. The van der Waals surface area contributed by atoms with E-state index in [0.29, 0.717) is 22.7 Å². The molecule has 0 unspecified atom stereocenters. The summed E-state index contributed by atoms with van der Waals surface area (Å²) in [6.07, 6.45) is 1.42. The van der Waals surface area contributed by atoms with E-state index in [-0.39, 0.29) is 12.2 Å². The second kappa shape index (κ2) is 9.13. The first-order valence-electron chi connectivity index (χ1n) is 9.71.